The molecule has 0 fully saturated rings. The monoisotopic (exact) mass is 500 g/mol. The fraction of sp³-hybridized carbons (Fsp3) is 0.543. The van der Waals surface area contributed by atoms with E-state index in [9.17, 15) is 10.2 Å². The van der Waals surface area contributed by atoms with Crippen LogP contribution >= 0.6 is 0 Å². The van der Waals surface area contributed by atoms with Crippen molar-refractivity contribution in [2.45, 2.75) is 105 Å². The van der Waals surface area contributed by atoms with Gasteiger partial charge in [-0.05, 0) is 124 Å². The Morgan fingerprint density at radius 1 is 0.595 bits per heavy atom. The van der Waals surface area contributed by atoms with Gasteiger partial charge in [-0.25, -0.2) is 0 Å². The Labute approximate surface area is 225 Å². The standard InChI is InChI=1S/C35H48O2/c1-33(2,3)29-21-25(13-19-31(29)36)23-9-15-27(16-10-23)35(7,8)28-17-11-24(12-18-28)26-14-20-32(37)30(22-26)34(4,5)6/h9,11,13-14,19-22,27-28,36-37H,10,12,15-18H2,1-8H3. The number of rotatable bonds is 4. The lowest BCUT2D eigenvalue weighted by Gasteiger charge is -2.44. The summed E-state index contributed by atoms with van der Waals surface area (Å²) in [5.74, 6) is 2.18. The first-order valence-electron chi connectivity index (χ1n) is 14.2. The Kier molecular flexibility index (Phi) is 7.45. The molecule has 0 spiro atoms. The summed E-state index contributed by atoms with van der Waals surface area (Å²) in [7, 11) is 0. The number of allylic oxidation sites excluding steroid dienone is 4. The zero-order chi connectivity index (χ0) is 27.2. The van der Waals surface area contributed by atoms with E-state index in [0.29, 0.717) is 28.7 Å². The third kappa shape index (κ3) is 5.84. The molecule has 0 aromatic heterocycles. The molecule has 2 N–H and O–H groups in total. The van der Waals surface area contributed by atoms with Crippen LogP contribution in [0.3, 0.4) is 0 Å². The normalized spacial score (nSPS) is 21.4. The molecule has 0 saturated heterocycles. The van der Waals surface area contributed by atoms with E-state index in [2.05, 4.69) is 91.8 Å². The van der Waals surface area contributed by atoms with Crippen molar-refractivity contribution in [2.24, 2.45) is 17.3 Å². The minimum atomic E-state index is -0.0678. The molecule has 0 amide bonds. The Hall–Kier alpha value is -2.48. The second-order valence-electron chi connectivity index (χ2n) is 14.2. The molecule has 200 valence electrons. The molecule has 0 radical (unpaired) electrons. The highest BCUT2D eigenvalue weighted by Crippen LogP contribution is 2.50. The SMILES string of the molecule is CC(C)(C)c1cc(C2=CCC(C(C)(C)C3CC=C(c4ccc(O)c(C(C)(C)C)c4)CC3)CC2)ccc1O. The van der Waals surface area contributed by atoms with Crippen LogP contribution in [0.1, 0.15) is 116 Å². The van der Waals surface area contributed by atoms with Crippen molar-refractivity contribution in [3.63, 3.8) is 0 Å². The Bertz CT molecular complexity index is 1100. The molecule has 4 rings (SSSR count). The average molecular weight is 501 g/mol. The highest BCUT2D eigenvalue weighted by molar-refractivity contribution is 5.69. The van der Waals surface area contributed by atoms with Gasteiger partial charge in [-0.1, -0.05) is 79.7 Å². The third-order valence-corrected chi connectivity index (χ3v) is 9.28. The fourth-order valence-corrected chi connectivity index (χ4v) is 6.55. The van der Waals surface area contributed by atoms with Gasteiger partial charge in [-0.3, -0.25) is 0 Å². The summed E-state index contributed by atoms with van der Waals surface area (Å²) in [6.45, 7) is 18.0. The number of phenolic OH excluding ortho intramolecular Hbond substituents is 2. The largest absolute Gasteiger partial charge is 0.508 e. The summed E-state index contributed by atoms with van der Waals surface area (Å²) in [5, 5.41) is 20.8. The van der Waals surface area contributed by atoms with Crippen LogP contribution in [0.25, 0.3) is 11.1 Å². The lowest BCUT2D eigenvalue weighted by Crippen LogP contribution is -2.34. The molecule has 0 bridgehead atoms. The molecular formula is C35H48O2. The fourth-order valence-electron chi connectivity index (χ4n) is 6.55. The van der Waals surface area contributed by atoms with Crippen molar-refractivity contribution in [3.8, 4) is 11.5 Å². The molecule has 2 aliphatic rings. The zero-order valence-corrected chi connectivity index (χ0v) is 24.4. The summed E-state index contributed by atoms with van der Waals surface area (Å²) in [5.41, 5.74) is 7.63. The molecule has 0 aliphatic heterocycles. The number of benzene rings is 2. The Morgan fingerprint density at radius 2 is 0.973 bits per heavy atom. The molecule has 2 nitrogen and oxygen atoms in total. The van der Waals surface area contributed by atoms with Crippen molar-refractivity contribution < 1.29 is 10.2 Å². The molecule has 2 aromatic carbocycles. The van der Waals surface area contributed by atoms with Gasteiger partial charge in [-0.15, -0.1) is 0 Å². The van der Waals surface area contributed by atoms with Crippen LogP contribution in [0.15, 0.2) is 48.6 Å². The van der Waals surface area contributed by atoms with Gasteiger partial charge in [0.1, 0.15) is 11.5 Å². The highest BCUT2D eigenvalue weighted by Gasteiger charge is 2.38. The van der Waals surface area contributed by atoms with E-state index in [1.165, 1.54) is 35.1 Å². The molecule has 2 aliphatic carbocycles. The summed E-state index contributed by atoms with van der Waals surface area (Å²) in [6, 6.07) is 12.3. The highest BCUT2D eigenvalue weighted by atomic mass is 16.3. The van der Waals surface area contributed by atoms with E-state index in [1.807, 2.05) is 12.1 Å². The number of hydrogen-bond acceptors (Lipinski definition) is 2. The van der Waals surface area contributed by atoms with Crippen LogP contribution in [0.2, 0.25) is 0 Å². The second-order valence-corrected chi connectivity index (χ2v) is 14.2. The predicted molar refractivity (Wildman–Crippen MR) is 158 cm³/mol. The predicted octanol–water partition coefficient (Wildman–Crippen LogP) is 9.79. The molecule has 2 atom stereocenters. The molecule has 2 unspecified atom stereocenters. The lowest BCUT2D eigenvalue weighted by molar-refractivity contribution is 0.0991. The summed E-state index contributed by atoms with van der Waals surface area (Å²) < 4.78 is 0. The zero-order valence-electron chi connectivity index (χ0n) is 24.4. The third-order valence-electron chi connectivity index (χ3n) is 9.28. The maximum Gasteiger partial charge on any atom is 0.119 e. The number of aromatic hydroxyl groups is 2. The minimum absolute atomic E-state index is 0.0678. The van der Waals surface area contributed by atoms with Crippen LogP contribution < -0.4 is 0 Å². The summed E-state index contributed by atoms with van der Waals surface area (Å²) in [6.07, 6.45) is 11.9. The van der Waals surface area contributed by atoms with Crippen molar-refractivity contribution in [2.75, 3.05) is 0 Å². The van der Waals surface area contributed by atoms with Crippen molar-refractivity contribution >= 4 is 11.1 Å². The molecule has 0 saturated carbocycles. The van der Waals surface area contributed by atoms with Crippen LogP contribution in [0, 0.1) is 17.3 Å². The van der Waals surface area contributed by atoms with E-state index in [-0.39, 0.29) is 10.8 Å². The quantitative estimate of drug-likeness (QED) is 0.438. The number of phenols is 2. The van der Waals surface area contributed by atoms with Gasteiger partial charge < -0.3 is 10.2 Å². The van der Waals surface area contributed by atoms with E-state index >= 15 is 0 Å². The van der Waals surface area contributed by atoms with Gasteiger partial charge >= 0.3 is 0 Å². The lowest BCUT2D eigenvalue weighted by atomic mass is 9.61. The molecule has 0 heterocycles. The van der Waals surface area contributed by atoms with E-state index in [0.717, 1.165) is 36.8 Å². The van der Waals surface area contributed by atoms with Crippen LogP contribution in [-0.4, -0.2) is 10.2 Å². The minimum Gasteiger partial charge on any atom is -0.508 e. The van der Waals surface area contributed by atoms with Crippen molar-refractivity contribution in [1.82, 2.24) is 0 Å². The first-order valence-corrected chi connectivity index (χ1v) is 14.2. The van der Waals surface area contributed by atoms with Gasteiger partial charge in [0.2, 0.25) is 0 Å². The second kappa shape index (κ2) is 10.0. The van der Waals surface area contributed by atoms with E-state index < -0.39 is 0 Å². The van der Waals surface area contributed by atoms with Crippen LogP contribution in [0.4, 0.5) is 0 Å². The van der Waals surface area contributed by atoms with E-state index in [1.54, 1.807) is 0 Å². The van der Waals surface area contributed by atoms with E-state index in [4.69, 9.17) is 0 Å². The molecule has 2 heteroatoms. The van der Waals surface area contributed by atoms with Gasteiger partial charge in [0, 0.05) is 0 Å². The average Bonchev–Trinajstić information content (AvgIpc) is 2.83. The smallest absolute Gasteiger partial charge is 0.119 e. The van der Waals surface area contributed by atoms with Crippen LogP contribution in [0.5, 0.6) is 11.5 Å². The molecule has 2 aromatic rings. The topological polar surface area (TPSA) is 40.5 Å². The van der Waals surface area contributed by atoms with Crippen molar-refractivity contribution in [3.05, 3.63) is 70.8 Å². The van der Waals surface area contributed by atoms with Gasteiger partial charge in [0.15, 0.2) is 0 Å². The van der Waals surface area contributed by atoms with Gasteiger partial charge in [0.25, 0.3) is 0 Å². The Morgan fingerprint density at radius 3 is 1.27 bits per heavy atom. The molecule has 37 heavy (non-hydrogen) atoms. The van der Waals surface area contributed by atoms with Crippen molar-refractivity contribution in [1.29, 1.82) is 0 Å². The maximum absolute atomic E-state index is 10.4. The Balaban J connectivity index is 1.46. The first kappa shape index (κ1) is 27.6. The van der Waals surface area contributed by atoms with Gasteiger partial charge in [0.05, 0.1) is 0 Å². The molecular weight excluding hydrogens is 452 g/mol. The summed E-state index contributed by atoms with van der Waals surface area (Å²) >= 11 is 0. The summed E-state index contributed by atoms with van der Waals surface area (Å²) in [4.78, 5) is 0. The number of hydrogen-bond donors (Lipinski definition) is 2. The van der Waals surface area contributed by atoms with Crippen LogP contribution in [-0.2, 0) is 10.8 Å². The van der Waals surface area contributed by atoms with Gasteiger partial charge in [-0.2, -0.15) is 0 Å². The maximum atomic E-state index is 10.4. The first-order chi connectivity index (χ1) is 17.2.